The van der Waals surface area contributed by atoms with Crippen LogP contribution in [-0.4, -0.2) is 30.0 Å². The molecule has 1 aliphatic rings. The van der Waals surface area contributed by atoms with E-state index in [1.54, 1.807) is 30.3 Å². The zero-order chi connectivity index (χ0) is 26.0. The van der Waals surface area contributed by atoms with Crippen molar-refractivity contribution in [2.45, 2.75) is 29.9 Å². The molecule has 0 spiro atoms. The van der Waals surface area contributed by atoms with Crippen LogP contribution in [0.2, 0.25) is 0 Å². The van der Waals surface area contributed by atoms with Gasteiger partial charge in [0.15, 0.2) is 5.16 Å². The molecule has 1 aromatic heterocycles. The lowest BCUT2D eigenvalue weighted by molar-refractivity contribution is -0.113. The molecule has 0 bridgehead atoms. The summed E-state index contributed by atoms with van der Waals surface area (Å²) in [7, 11) is -3.97. The molecule has 0 radical (unpaired) electrons. The van der Waals surface area contributed by atoms with Crippen molar-refractivity contribution in [1.29, 1.82) is 0 Å². The smallest absolute Gasteiger partial charge is 0.268 e. The number of thioether (sulfide) groups is 1. The molecule has 4 aromatic rings. The standard InChI is InChI=1S/C27H23FN4O3S2/c1-2-18-6-5-7-21(14-18)30-25(33)17-36-27-29-15-24-26(31-27)22-8-3-4-9-23(22)32(37(24,34)35)16-19-10-12-20(28)13-11-19/h3-15H,2,16-17H2,1H3,(H,30,33). The molecular formula is C27H23FN4O3S2. The van der Waals surface area contributed by atoms with E-state index in [2.05, 4.69) is 15.3 Å². The highest BCUT2D eigenvalue weighted by atomic mass is 32.2. The van der Waals surface area contributed by atoms with Crippen LogP contribution in [0, 0.1) is 5.82 Å². The van der Waals surface area contributed by atoms with Crippen LogP contribution < -0.4 is 9.62 Å². The second-order valence-corrected chi connectivity index (χ2v) is 11.2. The van der Waals surface area contributed by atoms with Gasteiger partial charge < -0.3 is 5.32 Å². The van der Waals surface area contributed by atoms with Gasteiger partial charge in [-0.2, -0.15) is 0 Å². The lowest BCUT2D eigenvalue weighted by Crippen LogP contribution is -2.34. The van der Waals surface area contributed by atoms with Gasteiger partial charge in [0.25, 0.3) is 10.0 Å². The number of nitrogens with zero attached hydrogens (tertiary/aromatic N) is 3. The van der Waals surface area contributed by atoms with E-state index in [1.807, 2.05) is 37.3 Å². The van der Waals surface area contributed by atoms with Crippen LogP contribution >= 0.6 is 11.8 Å². The number of carbonyl (C=O) groups excluding carboxylic acids is 1. The summed E-state index contributed by atoms with van der Waals surface area (Å²) in [6, 6.07) is 20.4. The predicted molar refractivity (Wildman–Crippen MR) is 142 cm³/mol. The van der Waals surface area contributed by atoms with Crippen LogP contribution in [0.1, 0.15) is 18.1 Å². The number of sulfonamides is 1. The van der Waals surface area contributed by atoms with Crippen LogP contribution in [0.4, 0.5) is 15.8 Å². The number of fused-ring (bicyclic) bond motifs is 3. The second kappa shape index (κ2) is 10.3. The Morgan fingerprint density at radius 1 is 1.03 bits per heavy atom. The van der Waals surface area contributed by atoms with Gasteiger partial charge in [-0.25, -0.2) is 22.8 Å². The van der Waals surface area contributed by atoms with E-state index in [4.69, 9.17) is 0 Å². The molecule has 7 nitrogen and oxygen atoms in total. The molecule has 0 fully saturated rings. The minimum Gasteiger partial charge on any atom is -0.325 e. The van der Waals surface area contributed by atoms with Crippen molar-refractivity contribution in [3.8, 4) is 11.3 Å². The van der Waals surface area contributed by atoms with Gasteiger partial charge in [-0.1, -0.05) is 61.2 Å². The monoisotopic (exact) mass is 534 g/mol. The van der Waals surface area contributed by atoms with Gasteiger partial charge in [0.05, 0.1) is 29.9 Å². The van der Waals surface area contributed by atoms with Gasteiger partial charge in [-0.05, 0) is 47.9 Å². The van der Waals surface area contributed by atoms with Gasteiger partial charge in [-0.15, -0.1) is 0 Å². The third-order valence-electron chi connectivity index (χ3n) is 5.92. The van der Waals surface area contributed by atoms with E-state index in [0.717, 1.165) is 29.4 Å². The highest BCUT2D eigenvalue weighted by Gasteiger charge is 2.36. The summed E-state index contributed by atoms with van der Waals surface area (Å²) in [6.45, 7) is 2.08. The summed E-state index contributed by atoms with van der Waals surface area (Å²) < 4.78 is 41.8. The third-order valence-corrected chi connectivity index (χ3v) is 8.54. The van der Waals surface area contributed by atoms with Gasteiger partial charge in [0.2, 0.25) is 5.91 Å². The summed E-state index contributed by atoms with van der Waals surface area (Å²) in [6.07, 6.45) is 2.16. The van der Waals surface area contributed by atoms with Crippen molar-refractivity contribution in [1.82, 2.24) is 9.97 Å². The maximum absolute atomic E-state index is 13.6. The molecule has 0 aliphatic carbocycles. The Kier molecular flexibility index (Phi) is 6.94. The summed E-state index contributed by atoms with van der Waals surface area (Å²) in [5.41, 5.74) is 3.89. The number of para-hydroxylation sites is 1. The van der Waals surface area contributed by atoms with Gasteiger partial charge in [0, 0.05) is 11.3 Å². The van der Waals surface area contributed by atoms with E-state index in [9.17, 15) is 17.6 Å². The Bertz CT molecular complexity index is 1580. The topological polar surface area (TPSA) is 92.3 Å². The molecule has 0 saturated carbocycles. The molecule has 1 N–H and O–H groups in total. The first-order chi connectivity index (χ1) is 17.8. The molecule has 188 valence electrons. The van der Waals surface area contributed by atoms with E-state index in [-0.39, 0.29) is 23.1 Å². The lowest BCUT2D eigenvalue weighted by Gasteiger charge is -2.31. The van der Waals surface area contributed by atoms with Crippen molar-refractivity contribution in [3.63, 3.8) is 0 Å². The number of rotatable bonds is 7. The molecule has 3 aromatic carbocycles. The number of hydrogen-bond acceptors (Lipinski definition) is 6. The fourth-order valence-electron chi connectivity index (χ4n) is 4.07. The number of nitrogens with one attached hydrogen (secondary N) is 1. The number of hydrogen-bond donors (Lipinski definition) is 1. The average Bonchev–Trinajstić information content (AvgIpc) is 2.91. The quantitative estimate of drug-likeness (QED) is 0.256. The summed E-state index contributed by atoms with van der Waals surface area (Å²) in [5.74, 6) is -0.532. The van der Waals surface area contributed by atoms with Crippen LogP contribution in [0.15, 0.2) is 89.0 Å². The maximum atomic E-state index is 13.6. The Morgan fingerprint density at radius 3 is 2.59 bits per heavy atom. The van der Waals surface area contributed by atoms with Crippen molar-refractivity contribution in [2.24, 2.45) is 0 Å². The molecule has 1 amide bonds. The zero-order valence-corrected chi connectivity index (χ0v) is 21.5. The summed E-state index contributed by atoms with van der Waals surface area (Å²) in [4.78, 5) is 21.2. The molecule has 5 rings (SSSR count). The minimum absolute atomic E-state index is 0.0153. The Hall–Kier alpha value is -3.76. The van der Waals surface area contributed by atoms with Gasteiger partial charge >= 0.3 is 0 Å². The maximum Gasteiger partial charge on any atom is 0.268 e. The van der Waals surface area contributed by atoms with E-state index < -0.39 is 15.8 Å². The number of halogens is 1. The van der Waals surface area contributed by atoms with Gasteiger partial charge in [-0.3, -0.25) is 9.10 Å². The predicted octanol–water partition coefficient (Wildman–Crippen LogP) is 5.28. The molecule has 1 aliphatic heterocycles. The van der Waals surface area contributed by atoms with Crippen LogP contribution in [0.25, 0.3) is 11.3 Å². The average molecular weight is 535 g/mol. The highest BCUT2D eigenvalue weighted by molar-refractivity contribution is 7.99. The molecule has 0 saturated heterocycles. The number of aromatic nitrogens is 2. The molecule has 37 heavy (non-hydrogen) atoms. The lowest BCUT2D eigenvalue weighted by atomic mass is 10.1. The molecule has 2 heterocycles. The number of aryl methyl sites for hydroxylation is 1. The summed E-state index contributed by atoms with van der Waals surface area (Å²) in [5, 5.41) is 3.17. The van der Waals surface area contributed by atoms with E-state index in [1.165, 1.54) is 22.6 Å². The van der Waals surface area contributed by atoms with Crippen LogP contribution in [0.5, 0.6) is 0 Å². The van der Waals surface area contributed by atoms with E-state index >= 15 is 0 Å². The van der Waals surface area contributed by atoms with Crippen molar-refractivity contribution < 1.29 is 17.6 Å². The van der Waals surface area contributed by atoms with E-state index in [0.29, 0.717) is 27.7 Å². The number of anilines is 2. The van der Waals surface area contributed by atoms with Crippen molar-refractivity contribution >= 4 is 39.1 Å². The zero-order valence-electron chi connectivity index (χ0n) is 19.9. The van der Waals surface area contributed by atoms with Crippen LogP contribution in [0.3, 0.4) is 0 Å². The number of amides is 1. The fraction of sp³-hybridized carbons (Fsp3) is 0.148. The first-order valence-electron chi connectivity index (χ1n) is 11.6. The third kappa shape index (κ3) is 5.21. The Labute approximate surface area is 218 Å². The number of benzene rings is 3. The normalized spacial score (nSPS) is 13.5. The summed E-state index contributed by atoms with van der Waals surface area (Å²) >= 11 is 1.13. The first kappa shape index (κ1) is 24.9. The Balaban J connectivity index is 1.39. The van der Waals surface area contributed by atoms with Crippen molar-refractivity contribution in [2.75, 3.05) is 15.4 Å². The van der Waals surface area contributed by atoms with Crippen molar-refractivity contribution in [3.05, 3.63) is 95.9 Å². The molecule has 10 heteroatoms. The SMILES string of the molecule is CCc1cccc(NC(=O)CSc2ncc3c(n2)-c2ccccc2N(Cc2ccc(F)cc2)S3(=O)=O)c1. The second-order valence-electron chi connectivity index (χ2n) is 8.41. The fourth-order valence-corrected chi connectivity index (χ4v) is 6.24. The number of carbonyl (C=O) groups is 1. The first-order valence-corrected chi connectivity index (χ1v) is 14.0. The Morgan fingerprint density at radius 2 is 1.81 bits per heavy atom. The molecule has 0 atom stereocenters. The largest absolute Gasteiger partial charge is 0.325 e. The van der Waals surface area contributed by atoms with Gasteiger partial charge in [0.1, 0.15) is 10.7 Å². The highest BCUT2D eigenvalue weighted by Crippen LogP contribution is 2.42. The minimum atomic E-state index is -3.97. The molecule has 0 unspecified atom stereocenters. The molecular weight excluding hydrogens is 511 g/mol. The van der Waals surface area contributed by atoms with Crippen LogP contribution in [-0.2, 0) is 27.8 Å².